The third-order valence-electron chi connectivity index (χ3n) is 3.48. The van der Waals surface area contributed by atoms with Gasteiger partial charge < -0.3 is 15.2 Å². The van der Waals surface area contributed by atoms with Crippen LogP contribution in [0.5, 0.6) is 5.75 Å². The van der Waals surface area contributed by atoms with Crippen molar-refractivity contribution in [1.82, 2.24) is 5.32 Å². The Bertz CT molecular complexity index is 580. The van der Waals surface area contributed by atoms with Gasteiger partial charge in [0.15, 0.2) is 0 Å². The summed E-state index contributed by atoms with van der Waals surface area (Å²) in [7, 11) is 1.52. The molecule has 0 fully saturated rings. The number of carbonyl (C=O) groups excluding carboxylic acids is 1. The van der Waals surface area contributed by atoms with Crippen molar-refractivity contribution in [3.05, 3.63) is 34.0 Å². The monoisotopic (exact) mass is 295 g/mol. The van der Waals surface area contributed by atoms with Gasteiger partial charge in [-0.2, -0.15) is 0 Å². The average molecular weight is 296 g/mol. The van der Waals surface area contributed by atoms with E-state index in [1.165, 1.54) is 7.11 Å². The number of aryl methyl sites for hydroxylation is 1. The van der Waals surface area contributed by atoms with Crippen molar-refractivity contribution in [2.75, 3.05) is 7.11 Å². The second-order valence-electron chi connectivity index (χ2n) is 5.30. The molecule has 0 atom stereocenters. The molecule has 2 N–H and O–H groups in total. The maximum atomic E-state index is 12.2. The molecule has 0 unspecified atom stereocenters. The number of amides is 1. The Hall–Kier alpha value is -1.68. The van der Waals surface area contributed by atoms with Crippen LogP contribution in [0, 0.1) is 0 Å². The molecular weight excluding hydrogens is 278 g/mol. The van der Waals surface area contributed by atoms with E-state index in [2.05, 4.69) is 5.32 Å². The Morgan fingerprint density at radius 2 is 2.05 bits per heavy atom. The molecule has 0 aromatic heterocycles. The zero-order valence-electron chi connectivity index (χ0n) is 12.0. The number of benzene rings is 1. The summed E-state index contributed by atoms with van der Waals surface area (Å²) >= 11 is 6.06. The SMILES string of the molecule is CCc1cc(Cl)cc(OC)c1C1=C(O)C(C)(C)NC1=O. The van der Waals surface area contributed by atoms with Gasteiger partial charge in [-0.15, -0.1) is 0 Å². The van der Waals surface area contributed by atoms with Crippen LogP contribution in [0.2, 0.25) is 5.02 Å². The molecule has 0 bridgehead atoms. The average Bonchev–Trinajstić information content (AvgIpc) is 2.58. The number of hydrogen-bond acceptors (Lipinski definition) is 3. The number of ether oxygens (including phenoxy) is 1. The highest BCUT2D eigenvalue weighted by molar-refractivity contribution is 6.31. The zero-order valence-corrected chi connectivity index (χ0v) is 12.8. The molecule has 20 heavy (non-hydrogen) atoms. The molecule has 0 saturated carbocycles. The quantitative estimate of drug-likeness (QED) is 0.901. The molecule has 0 aliphatic carbocycles. The predicted octanol–water partition coefficient (Wildman–Crippen LogP) is 3.09. The Balaban J connectivity index is 2.75. The van der Waals surface area contributed by atoms with Gasteiger partial charge in [0.1, 0.15) is 11.5 Å². The van der Waals surface area contributed by atoms with Crippen LogP contribution >= 0.6 is 11.6 Å². The van der Waals surface area contributed by atoms with Gasteiger partial charge in [0.25, 0.3) is 5.91 Å². The van der Waals surface area contributed by atoms with E-state index in [4.69, 9.17) is 16.3 Å². The summed E-state index contributed by atoms with van der Waals surface area (Å²) in [5.41, 5.74) is 0.964. The van der Waals surface area contributed by atoms with Crippen molar-refractivity contribution in [1.29, 1.82) is 0 Å². The lowest BCUT2D eigenvalue weighted by molar-refractivity contribution is -0.115. The van der Waals surface area contributed by atoms with Crippen LogP contribution < -0.4 is 10.1 Å². The van der Waals surface area contributed by atoms with Gasteiger partial charge in [0, 0.05) is 10.6 Å². The van der Waals surface area contributed by atoms with E-state index in [9.17, 15) is 9.90 Å². The molecule has 1 aromatic carbocycles. The smallest absolute Gasteiger partial charge is 0.256 e. The summed E-state index contributed by atoms with van der Waals surface area (Å²) in [5.74, 6) is 0.212. The number of nitrogens with one attached hydrogen (secondary N) is 1. The van der Waals surface area contributed by atoms with Gasteiger partial charge in [-0.3, -0.25) is 4.79 Å². The lowest BCUT2D eigenvalue weighted by atomic mass is 9.94. The van der Waals surface area contributed by atoms with Gasteiger partial charge >= 0.3 is 0 Å². The van der Waals surface area contributed by atoms with Crippen molar-refractivity contribution in [3.8, 4) is 5.75 Å². The summed E-state index contributed by atoms with van der Waals surface area (Å²) in [6.07, 6.45) is 0.677. The number of hydrogen-bond donors (Lipinski definition) is 2. The Morgan fingerprint density at radius 3 is 2.50 bits per heavy atom. The topological polar surface area (TPSA) is 58.6 Å². The van der Waals surface area contributed by atoms with Crippen LogP contribution in [-0.2, 0) is 11.2 Å². The first-order valence-corrected chi connectivity index (χ1v) is 6.82. The first kappa shape index (κ1) is 14.7. The molecule has 1 aliphatic rings. The summed E-state index contributed by atoms with van der Waals surface area (Å²) in [4.78, 5) is 12.2. The molecule has 5 heteroatoms. The third kappa shape index (κ3) is 2.24. The molecule has 0 spiro atoms. The summed E-state index contributed by atoms with van der Waals surface area (Å²) < 4.78 is 5.34. The van der Waals surface area contributed by atoms with Crippen LogP contribution in [0.4, 0.5) is 0 Å². The number of methoxy groups -OCH3 is 1. The summed E-state index contributed by atoms with van der Waals surface area (Å²) in [6.45, 7) is 5.46. The first-order chi connectivity index (χ1) is 9.31. The lowest BCUT2D eigenvalue weighted by Gasteiger charge is -2.17. The zero-order chi connectivity index (χ0) is 15.1. The van der Waals surface area contributed by atoms with Crippen molar-refractivity contribution >= 4 is 23.1 Å². The largest absolute Gasteiger partial charge is 0.509 e. The van der Waals surface area contributed by atoms with Crippen molar-refractivity contribution in [2.24, 2.45) is 0 Å². The lowest BCUT2D eigenvalue weighted by Crippen LogP contribution is -2.38. The Labute approximate surface area is 123 Å². The molecule has 108 valence electrons. The van der Waals surface area contributed by atoms with Crippen LogP contribution in [0.3, 0.4) is 0 Å². The van der Waals surface area contributed by atoms with E-state index in [0.717, 1.165) is 5.56 Å². The normalized spacial score (nSPS) is 17.4. The third-order valence-corrected chi connectivity index (χ3v) is 3.70. The van der Waals surface area contributed by atoms with Crippen molar-refractivity contribution in [2.45, 2.75) is 32.7 Å². The maximum Gasteiger partial charge on any atom is 0.256 e. The van der Waals surface area contributed by atoms with Crippen molar-refractivity contribution in [3.63, 3.8) is 0 Å². The highest BCUT2D eigenvalue weighted by Crippen LogP contribution is 2.39. The van der Waals surface area contributed by atoms with Crippen LogP contribution in [0.15, 0.2) is 17.9 Å². The first-order valence-electron chi connectivity index (χ1n) is 6.44. The molecular formula is C15H18ClNO3. The highest BCUT2D eigenvalue weighted by Gasteiger charge is 2.40. The predicted molar refractivity (Wildman–Crippen MR) is 79.2 cm³/mol. The minimum Gasteiger partial charge on any atom is -0.509 e. The fourth-order valence-electron chi connectivity index (χ4n) is 2.42. The number of carbonyl (C=O) groups is 1. The Morgan fingerprint density at radius 1 is 1.40 bits per heavy atom. The van der Waals surface area contributed by atoms with Crippen LogP contribution in [-0.4, -0.2) is 23.7 Å². The second kappa shape index (κ2) is 5.02. The fraction of sp³-hybridized carbons (Fsp3) is 0.400. The maximum absolute atomic E-state index is 12.2. The molecule has 1 amide bonds. The van der Waals surface area contributed by atoms with E-state index < -0.39 is 5.54 Å². The minimum absolute atomic E-state index is 0.0258. The van der Waals surface area contributed by atoms with E-state index in [0.29, 0.717) is 22.8 Å². The van der Waals surface area contributed by atoms with Crippen molar-refractivity contribution < 1.29 is 14.6 Å². The molecule has 1 aromatic rings. The van der Waals surface area contributed by atoms with Gasteiger partial charge in [0.2, 0.25) is 0 Å². The van der Waals surface area contributed by atoms with E-state index >= 15 is 0 Å². The molecule has 1 aliphatic heterocycles. The fourth-order valence-corrected chi connectivity index (χ4v) is 2.65. The second-order valence-corrected chi connectivity index (χ2v) is 5.73. The van der Waals surface area contributed by atoms with E-state index in [1.807, 2.05) is 6.92 Å². The highest BCUT2D eigenvalue weighted by atomic mass is 35.5. The molecule has 4 nitrogen and oxygen atoms in total. The molecule has 1 heterocycles. The molecule has 0 radical (unpaired) electrons. The number of rotatable bonds is 3. The molecule has 2 rings (SSSR count). The van der Waals surface area contributed by atoms with Gasteiger partial charge in [-0.1, -0.05) is 18.5 Å². The number of halogens is 1. The standard InChI is InChI=1S/C15H18ClNO3/c1-5-8-6-9(16)7-10(20-4)11(8)12-13(18)15(2,3)17-14(12)19/h6-7,18H,5H2,1-4H3,(H,17,19). The summed E-state index contributed by atoms with van der Waals surface area (Å²) in [5, 5.41) is 13.7. The van der Waals surface area contributed by atoms with Gasteiger partial charge in [-0.05, 0) is 38.0 Å². The van der Waals surface area contributed by atoms with Gasteiger partial charge in [0.05, 0.1) is 18.2 Å². The van der Waals surface area contributed by atoms with Crippen LogP contribution in [0.1, 0.15) is 31.9 Å². The number of aliphatic hydroxyl groups is 1. The van der Waals surface area contributed by atoms with Crippen LogP contribution in [0.25, 0.3) is 5.57 Å². The van der Waals surface area contributed by atoms with E-state index in [1.54, 1.807) is 26.0 Å². The Kier molecular flexibility index (Phi) is 3.69. The molecule has 0 saturated heterocycles. The number of aliphatic hydroxyl groups excluding tert-OH is 1. The summed E-state index contributed by atoms with van der Waals surface area (Å²) in [6, 6.07) is 3.44. The van der Waals surface area contributed by atoms with Gasteiger partial charge in [-0.25, -0.2) is 0 Å². The van der Waals surface area contributed by atoms with E-state index in [-0.39, 0.29) is 17.2 Å². The minimum atomic E-state index is -0.776.